The smallest absolute Gasteiger partial charge is 0.0731 e. The maximum atomic E-state index is 9.38. The van der Waals surface area contributed by atoms with E-state index in [0.29, 0.717) is 0 Å². The highest BCUT2D eigenvalue weighted by molar-refractivity contribution is 9.10. The molecule has 0 spiro atoms. The van der Waals surface area contributed by atoms with Crippen molar-refractivity contribution >= 4 is 21.6 Å². The summed E-state index contributed by atoms with van der Waals surface area (Å²) in [7, 11) is 0. The first-order valence-corrected chi connectivity index (χ1v) is 5.23. The molecule has 0 unspecified atom stereocenters. The van der Waals surface area contributed by atoms with Crippen LogP contribution in [-0.2, 0) is 0 Å². The van der Waals surface area contributed by atoms with Gasteiger partial charge in [-0.15, -0.1) is 0 Å². The van der Waals surface area contributed by atoms with Crippen molar-refractivity contribution in [3.63, 3.8) is 0 Å². The minimum atomic E-state index is -0.154. The van der Waals surface area contributed by atoms with E-state index in [9.17, 15) is 5.11 Å². The van der Waals surface area contributed by atoms with E-state index in [1.807, 2.05) is 12.1 Å². The first-order chi connectivity index (χ1) is 6.25. The average Bonchev–Trinajstić information content (AvgIpc) is 2.52. The number of β-amino-alcohol motifs (C(OH)–C–C–N with tert-alkyl or cyclic N) is 1. The zero-order valence-electron chi connectivity index (χ0n) is 7.28. The lowest BCUT2D eigenvalue weighted by molar-refractivity contribution is 0.198. The molecule has 3 heteroatoms. The number of aliphatic hydroxyl groups is 1. The van der Waals surface area contributed by atoms with Gasteiger partial charge in [-0.2, -0.15) is 0 Å². The van der Waals surface area contributed by atoms with Gasteiger partial charge in [-0.25, -0.2) is 0 Å². The molecule has 2 nitrogen and oxygen atoms in total. The number of halogens is 1. The highest BCUT2D eigenvalue weighted by atomic mass is 79.9. The molecule has 0 aromatic heterocycles. The van der Waals surface area contributed by atoms with Crippen LogP contribution < -0.4 is 4.90 Å². The number of rotatable bonds is 1. The molecule has 1 aliphatic heterocycles. The average molecular weight is 242 g/mol. The lowest BCUT2D eigenvalue weighted by atomic mass is 10.3. The zero-order chi connectivity index (χ0) is 9.26. The quantitative estimate of drug-likeness (QED) is 0.814. The molecule has 0 amide bonds. The SMILES string of the molecule is O[C@@H]1CCN(c2cccc(Br)c2)C1. The predicted molar refractivity (Wildman–Crippen MR) is 57.0 cm³/mol. The summed E-state index contributed by atoms with van der Waals surface area (Å²) in [5.41, 5.74) is 1.19. The Kier molecular flexibility index (Phi) is 2.56. The lowest BCUT2D eigenvalue weighted by Gasteiger charge is -2.17. The van der Waals surface area contributed by atoms with Gasteiger partial charge in [-0.3, -0.25) is 0 Å². The fraction of sp³-hybridized carbons (Fsp3) is 0.400. The Morgan fingerprint density at radius 3 is 2.92 bits per heavy atom. The van der Waals surface area contributed by atoms with Crippen LogP contribution in [0.4, 0.5) is 5.69 Å². The summed E-state index contributed by atoms with van der Waals surface area (Å²) in [6.45, 7) is 1.72. The van der Waals surface area contributed by atoms with Crippen molar-refractivity contribution in [2.75, 3.05) is 18.0 Å². The molecule has 1 N–H and O–H groups in total. The fourth-order valence-electron chi connectivity index (χ4n) is 1.65. The number of hydrogen-bond donors (Lipinski definition) is 1. The van der Waals surface area contributed by atoms with Crippen LogP contribution in [0.2, 0.25) is 0 Å². The topological polar surface area (TPSA) is 23.5 Å². The Morgan fingerprint density at radius 1 is 1.46 bits per heavy atom. The Labute approximate surface area is 86.3 Å². The molecule has 0 radical (unpaired) electrons. The summed E-state index contributed by atoms with van der Waals surface area (Å²) >= 11 is 3.44. The number of nitrogens with zero attached hydrogens (tertiary/aromatic N) is 1. The third kappa shape index (κ3) is 2.03. The van der Waals surface area contributed by atoms with Crippen LogP contribution in [0, 0.1) is 0 Å². The third-order valence-corrected chi connectivity index (χ3v) is 2.83. The molecule has 13 heavy (non-hydrogen) atoms. The molecular weight excluding hydrogens is 230 g/mol. The van der Waals surface area contributed by atoms with Crippen molar-refractivity contribution in [2.24, 2.45) is 0 Å². The van der Waals surface area contributed by atoms with Crippen molar-refractivity contribution in [3.8, 4) is 0 Å². The van der Waals surface area contributed by atoms with Gasteiger partial charge in [0.2, 0.25) is 0 Å². The highest BCUT2D eigenvalue weighted by Crippen LogP contribution is 2.23. The number of aliphatic hydroxyl groups excluding tert-OH is 1. The van der Waals surface area contributed by atoms with Gasteiger partial charge in [0.05, 0.1) is 6.10 Å². The zero-order valence-corrected chi connectivity index (χ0v) is 8.87. The first-order valence-electron chi connectivity index (χ1n) is 4.44. The Bertz CT molecular complexity index is 303. The molecule has 0 aliphatic carbocycles. The largest absolute Gasteiger partial charge is 0.391 e. The summed E-state index contributed by atoms with van der Waals surface area (Å²) in [5.74, 6) is 0. The Balaban J connectivity index is 2.16. The second kappa shape index (κ2) is 3.68. The van der Waals surface area contributed by atoms with Crippen molar-refractivity contribution < 1.29 is 5.11 Å². The minimum Gasteiger partial charge on any atom is -0.391 e. The normalized spacial score (nSPS) is 22.3. The van der Waals surface area contributed by atoms with Gasteiger partial charge in [0.1, 0.15) is 0 Å². The van der Waals surface area contributed by atoms with Crippen molar-refractivity contribution in [1.82, 2.24) is 0 Å². The lowest BCUT2D eigenvalue weighted by Crippen LogP contribution is -2.20. The number of anilines is 1. The van der Waals surface area contributed by atoms with E-state index in [0.717, 1.165) is 24.0 Å². The molecule has 1 heterocycles. The molecule has 70 valence electrons. The van der Waals surface area contributed by atoms with Crippen LogP contribution in [0.5, 0.6) is 0 Å². The highest BCUT2D eigenvalue weighted by Gasteiger charge is 2.19. The Hall–Kier alpha value is -0.540. The second-order valence-corrected chi connectivity index (χ2v) is 4.28. The monoisotopic (exact) mass is 241 g/mol. The molecule has 1 aromatic carbocycles. The molecule has 0 saturated carbocycles. The van der Waals surface area contributed by atoms with E-state index in [-0.39, 0.29) is 6.10 Å². The number of benzene rings is 1. The van der Waals surface area contributed by atoms with Crippen LogP contribution in [0.1, 0.15) is 6.42 Å². The molecule has 1 aromatic rings. The Morgan fingerprint density at radius 2 is 2.31 bits per heavy atom. The van der Waals surface area contributed by atoms with Gasteiger partial charge < -0.3 is 10.0 Å². The second-order valence-electron chi connectivity index (χ2n) is 3.37. The van der Waals surface area contributed by atoms with Gasteiger partial charge in [-0.05, 0) is 24.6 Å². The summed E-state index contributed by atoms with van der Waals surface area (Å²) in [6, 6.07) is 8.18. The molecule has 1 saturated heterocycles. The van der Waals surface area contributed by atoms with Crippen LogP contribution in [-0.4, -0.2) is 24.3 Å². The van der Waals surface area contributed by atoms with Gasteiger partial charge in [0, 0.05) is 23.2 Å². The third-order valence-electron chi connectivity index (χ3n) is 2.34. The maximum Gasteiger partial charge on any atom is 0.0731 e. The van der Waals surface area contributed by atoms with E-state index in [1.54, 1.807) is 0 Å². The summed E-state index contributed by atoms with van der Waals surface area (Å²) in [4.78, 5) is 2.20. The van der Waals surface area contributed by atoms with Crippen molar-refractivity contribution in [3.05, 3.63) is 28.7 Å². The predicted octanol–water partition coefficient (Wildman–Crippen LogP) is 2.02. The summed E-state index contributed by atoms with van der Waals surface area (Å²) in [5, 5.41) is 9.38. The molecule has 0 bridgehead atoms. The summed E-state index contributed by atoms with van der Waals surface area (Å²) < 4.78 is 1.09. The van der Waals surface area contributed by atoms with E-state index >= 15 is 0 Å². The van der Waals surface area contributed by atoms with Gasteiger partial charge in [-0.1, -0.05) is 22.0 Å². The molecule has 2 rings (SSSR count). The van der Waals surface area contributed by atoms with Gasteiger partial charge in [0.25, 0.3) is 0 Å². The van der Waals surface area contributed by atoms with Crippen LogP contribution in [0.3, 0.4) is 0 Å². The van der Waals surface area contributed by atoms with Crippen molar-refractivity contribution in [2.45, 2.75) is 12.5 Å². The van der Waals surface area contributed by atoms with Gasteiger partial charge >= 0.3 is 0 Å². The fourth-order valence-corrected chi connectivity index (χ4v) is 2.04. The number of hydrogen-bond acceptors (Lipinski definition) is 2. The minimum absolute atomic E-state index is 0.154. The van der Waals surface area contributed by atoms with Gasteiger partial charge in [0.15, 0.2) is 0 Å². The van der Waals surface area contributed by atoms with Crippen LogP contribution in [0.25, 0.3) is 0 Å². The van der Waals surface area contributed by atoms with Crippen molar-refractivity contribution in [1.29, 1.82) is 0 Å². The van der Waals surface area contributed by atoms with Crippen LogP contribution in [0.15, 0.2) is 28.7 Å². The molecule has 1 aliphatic rings. The molecular formula is C10H12BrNO. The van der Waals surface area contributed by atoms with E-state index in [1.165, 1.54) is 5.69 Å². The molecule has 1 atom stereocenters. The standard InChI is InChI=1S/C10H12BrNO/c11-8-2-1-3-9(6-8)12-5-4-10(13)7-12/h1-3,6,10,13H,4-5,7H2/t10-/m1/s1. The van der Waals surface area contributed by atoms with E-state index < -0.39 is 0 Å². The van der Waals surface area contributed by atoms with E-state index in [2.05, 4.69) is 33.0 Å². The van der Waals surface area contributed by atoms with Crippen LogP contribution >= 0.6 is 15.9 Å². The first kappa shape index (κ1) is 9.03. The van der Waals surface area contributed by atoms with E-state index in [4.69, 9.17) is 0 Å². The molecule has 1 fully saturated rings. The summed E-state index contributed by atoms with van der Waals surface area (Å²) in [6.07, 6.45) is 0.728. The maximum absolute atomic E-state index is 9.38.